The van der Waals surface area contributed by atoms with E-state index in [2.05, 4.69) is 22.1 Å². The molecule has 0 aliphatic rings. The van der Waals surface area contributed by atoms with E-state index in [1.54, 1.807) is 6.07 Å². The SMILES string of the molecule is Cc1ccc(C#CCN)c(NC(=O)c2cccc(C)n2)c1. The Hall–Kier alpha value is -2.64. The lowest BCUT2D eigenvalue weighted by Gasteiger charge is -2.08. The molecule has 0 aliphatic carbocycles. The summed E-state index contributed by atoms with van der Waals surface area (Å²) in [5.74, 6) is 5.51. The van der Waals surface area contributed by atoms with Crippen LogP contribution in [0.4, 0.5) is 5.69 Å². The number of hydrogen-bond acceptors (Lipinski definition) is 3. The number of nitrogens with two attached hydrogens (primary N) is 1. The number of carbonyl (C=O) groups is 1. The van der Waals surface area contributed by atoms with Gasteiger partial charge >= 0.3 is 0 Å². The van der Waals surface area contributed by atoms with Crippen molar-refractivity contribution in [1.82, 2.24) is 4.98 Å². The highest BCUT2D eigenvalue weighted by molar-refractivity contribution is 6.03. The van der Waals surface area contributed by atoms with Gasteiger partial charge in [-0.1, -0.05) is 24.0 Å². The van der Waals surface area contributed by atoms with Gasteiger partial charge in [-0.2, -0.15) is 0 Å². The molecule has 0 unspecified atom stereocenters. The second kappa shape index (κ2) is 6.69. The van der Waals surface area contributed by atoms with Crippen LogP contribution in [0.3, 0.4) is 0 Å². The fourth-order valence-electron chi connectivity index (χ4n) is 1.87. The molecule has 3 N–H and O–H groups in total. The van der Waals surface area contributed by atoms with Crippen LogP contribution >= 0.6 is 0 Å². The Labute approximate surface area is 124 Å². The lowest BCUT2D eigenvalue weighted by molar-refractivity contribution is 0.102. The van der Waals surface area contributed by atoms with Crippen LogP contribution in [0.15, 0.2) is 36.4 Å². The summed E-state index contributed by atoms with van der Waals surface area (Å²) in [6.07, 6.45) is 0. The van der Waals surface area contributed by atoms with Crippen LogP contribution < -0.4 is 11.1 Å². The first-order valence-corrected chi connectivity index (χ1v) is 6.65. The maximum Gasteiger partial charge on any atom is 0.274 e. The number of amides is 1. The number of anilines is 1. The Kier molecular flexibility index (Phi) is 4.70. The number of nitrogens with one attached hydrogen (secondary N) is 1. The molecule has 1 heterocycles. The third-order valence-electron chi connectivity index (χ3n) is 2.87. The molecule has 4 heteroatoms. The molecular weight excluding hydrogens is 262 g/mol. The van der Waals surface area contributed by atoms with Crippen molar-refractivity contribution in [2.24, 2.45) is 5.73 Å². The Morgan fingerprint density at radius 3 is 2.81 bits per heavy atom. The van der Waals surface area contributed by atoms with Crippen LogP contribution in [0, 0.1) is 25.7 Å². The highest BCUT2D eigenvalue weighted by Crippen LogP contribution is 2.17. The molecule has 0 aliphatic heterocycles. The molecule has 0 bridgehead atoms. The molecule has 21 heavy (non-hydrogen) atoms. The predicted molar refractivity (Wildman–Crippen MR) is 84.0 cm³/mol. The smallest absolute Gasteiger partial charge is 0.274 e. The number of rotatable bonds is 2. The number of aryl methyl sites for hydroxylation is 2. The van der Waals surface area contributed by atoms with E-state index < -0.39 is 0 Å². The van der Waals surface area contributed by atoms with Crippen molar-refractivity contribution >= 4 is 11.6 Å². The number of hydrogen-bond donors (Lipinski definition) is 2. The van der Waals surface area contributed by atoms with Crippen LogP contribution in [0.5, 0.6) is 0 Å². The van der Waals surface area contributed by atoms with Crippen molar-refractivity contribution < 1.29 is 4.79 Å². The minimum absolute atomic E-state index is 0.250. The fraction of sp³-hybridized carbons (Fsp3) is 0.176. The lowest BCUT2D eigenvalue weighted by atomic mass is 10.1. The number of benzene rings is 1. The molecule has 1 aromatic carbocycles. The van der Waals surface area contributed by atoms with Gasteiger partial charge in [-0.3, -0.25) is 4.79 Å². The Balaban J connectivity index is 2.30. The third kappa shape index (κ3) is 3.91. The number of pyridine rings is 1. The summed E-state index contributed by atoms with van der Waals surface area (Å²) in [5, 5.41) is 2.86. The van der Waals surface area contributed by atoms with E-state index in [0.717, 1.165) is 16.8 Å². The normalized spacial score (nSPS) is 9.67. The van der Waals surface area contributed by atoms with Crippen LogP contribution in [0.25, 0.3) is 0 Å². The Bertz CT molecular complexity index is 726. The van der Waals surface area contributed by atoms with Gasteiger partial charge in [-0.25, -0.2) is 4.98 Å². The minimum Gasteiger partial charge on any atom is -0.320 e. The summed E-state index contributed by atoms with van der Waals surface area (Å²) in [4.78, 5) is 16.5. The third-order valence-corrected chi connectivity index (χ3v) is 2.87. The maximum absolute atomic E-state index is 12.3. The molecule has 0 saturated carbocycles. The van der Waals surface area contributed by atoms with Gasteiger partial charge in [0.2, 0.25) is 0 Å². The molecule has 2 aromatic rings. The molecule has 0 fully saturated rings. The van der Waals surface area contributed by atoms with Gasteiger partial charge in [-0.05, 0) is 43.7 Å². The van der Waals surface area contributed by atoms with Crippen molar-refractivity contribution in [2.45, 2.75) is 13.8 Å². The standard InChI is InChI=1S/C17H17N3O/c1-12-8-9-14(6-4-10-18)16(11-12)20-17(21)15-7-3-5-13(2)19-15/h3,5,7-9,11H,10,18H2,1-2H3,(H,20,21). The second-order valence-electron chi connectivity index (χ2n) is 4.67. The van der Waals surface area contributed by atoms with E-state index in [4.69, 9.17) is 5.73 Å². The van der Waals surface area contributed by atoms with E-state index in [-0.39, 0.29) is 12.5 Å². The van der Waals surface area contributed by atoms with Gasteiger partial charge < -0.3 is 11.1 Å². The highest BCUT2D eigenvalue weighted by Gasteiger charge is 2.10. The fourth-order valence-corrected chi connectivity index (χ4v) is 1.87. The van der Waals surface area contributed by atoms with E-state index in [1.807, 2.05) is 44.2 Å². The Morgan fingerprint density at radius 2 is 2.10 bits per heavy atom. The molecule has 1 aromatic heterocycles. The monoisotopic (exact) mass is 279 g/mol. The molecular formula is C17H17N3O. The molecule has 4 nitrogen and oxygen atoms in total. The van der Waals surface area contributed by atoms with Gasteiger partial charge in [-0.15, -0.1) is 0 Å². The average Bonchev–Trinajstić information content (AvgIpc) is 2.46. The number of carbonyl (C=O) groups excluding carboxylic acids is 1. The van der Waals surface area contributed by atoms with Crippen LogP contribution in [-0.4, -0.2) is 17.4 Å². The maximum atomic E-state index is 12.3. The first kappa shape index (κ1) is 14.8. The molecule has 0 saturated heterocycles. The largest absolute Gasteiger partial charge is 0.320 e. The Morgan fingerprint density at radius 1 is 1.29 bits per heavy atom. The van der Waals surface area contributed by atoms with Crippen molar-refractivity contribution in [2.75, 3.05) is 11.9 Å². The second-order valence-corrected chi connectivity index (χ2v) is 4.67. The van der Waals surface area contributed by atoms with Crippen molar-refractivity contribution in [1.29, 1.82) is 0 Å². The minimum atomic E-state index is -0.250. The van der Waals surface area contributed by atoms with Crippen LogP contribution in [0.1, 0.15) is 27.3 Å². The van der Waals surface area contributed by atoms with Gasteiger partial charge in [0.1, 0.15) is 5.69 Å². The zero-order valence-corrected chi connectivity index (χ0v) is 12.1. The molecule has 0 atom stereocenters. The van der Waals surface area contributed by atoms with Gasteiger partial charge in [0, 0.05) is 11.3 Å². The summed E-state index contributed by atoms with van der Waals surface area (Å²) in [6, 6.07) is 11.0. The van der Waals surface area contributed by atoms with E-state index in [1.165, 1.54) is 0 Å². The topological polar surface area (TPSA) is 68.0 Å². The summed E-state index contributed by atoms with van der Waals surface area (Å²) in [7, 11) is 0. The van der Waals surface area contributed by atoms with Crippen molar-refractivity contribution in [3.63, 3.8) is 0 Å². The van der Waals surface area contributed by atoms with Gasteiger partial charge in [0.05, 0.1) is 12.2 Å². The van der Waals surface area contributed by atoms with Crippen LogP contribution in [-0.2, 0) is 0 Å². The molecule has 1 amide bonds. The van der Waals surface area contributed by atoms with Crippen molar-refractivity contribution in [3.05, 3.63) is 58.9 Å². The first-order chi connectivity index (χ1) is 10.1. The highest BCUT2D eigenvalue weighted by atomic mass is 16.1. The molecule has 2 rings (SSSR count). The summed E-state index contributed by atoms with van der Waals surface area (Å²) in [6.45, 7) is 4.09. The molecule has 0 spiro atoms. The number of aromatic nitrogens is 1. The van der Waals surface area contributed by atoms with Gasteiger partial charge in [0.15, 0.2) is 0 Å². The molecule has 106 valence electrons. The van der Waals surface area contributed by atoms with E-state index >= 15 is 0 Å². The van der Waals surface area contributed by atoms with Crippen LogP contribution in [0.2, 0.25) is 0 Å². The first-order valence-electron chi connectivity index (χ1n) is 6.65. The summed E-state index contributed by atoms with van der Waals surface area (Å²) in [5.41, 5.74) is 9.03. The van der Waals surface area contributed by atoms with Gasteiger partial charge in [0.25, 0.3) is 5.91 Å². The van der Waals surface area contributed by atoms with E-state index in [9.17, 15) is 4.79 Å². The number of nitrogens with zero attached hydrogens (tertiary/aromatic N) is 1. The van der Waals surface area contributed by atoms with E-state index in [0.29, 0.717) is 11.4 Å². The zero-order chi connectivity index (χ0) is 15.2. The quantitative estimate of drug-likeness (QED) is 0.829. The average molecular weight is 279 g/mol. The zero-order valence-electron chi connectivity index (χ0n) is 12.1. The predicted octanol–water partition coefficient (Wildman–Crippen LogP) is 2.26. The lowest BCUT2D eigenvalue weighted by Crippen LogP contribution is -2.15. The van der Waals surface area contributed by atoms with Crippen molar-refractivity contribution in [3.8, 4) is 11.8 Å². The molecule has 0 radical (unpaired) electrons. The summed E-state index contributed by atoms with van der Waals surface area (Å²) >= 11 is 0. The summed E-state index contributed by atoms with van der Waals surface area (Å²) < 4.78 is 0.